The highest BCUT2D eigenvalue weighted by atomic mass is 79.9. The minimum atomic E-state index is -0.241. The molecule has 1 heterocycles. The van der Waals surface area contributed by atoms with Gasteiger partial charge in [-0.2, -0.15) is 0 Å². The molecule has 2 rings (SSSR count). The molecule has 0 bridgehead atoms. The van der Waals surface area contributed by atoms with E-state index in [4.69, 9.17) is 4.74 Å². The summed E-state index contributed by atoms with van der Waals surface area (Å²) >= 11 is 3.13. The fourth-order valence-corrected chi connectivity index (χ4v) is 2.05. The van der Waals surface area contributed by atoms with Crippen LogP contribution < -0.4 is 5.32 Å². The molecular weight excluding hydrogens is 273 g/mol. The van der Waals surface area contributed by atoms with Crippen molar-refractivity contribution >= 4 is 21.6 Å². The van der Waals surface area contributed by atoms with Crippen LogP contribution in [0.4, 0.5) is 10.1 Å². The molecule has 4 heteroatoms. The van der Waals surface area contributed by atoms with Gasteiger partial charge in [-0.3, -0.25) is 0 Å². The van der Waals surface area contributed by atoms with Crippen LogP contribution in [0.2, 0.25) is 0 Å². The lowest BCUT2D eigenvalue weighted by atomic mass is 10.1. The largest absolute Gasteiger partial charge is 0.382 e. The number of hydrogen-bond donors (Lipinski definition) is 1. The van der Waals surface area contributed by atoms with Gasteiger partial charge >= 0.3 is 0 Å². The second kappa shape index (κ2) is 5.64. The summed E-state index contributed by atoms with van der Waals surface area (Å²) in [4.78, 5) is 0. The van der Waals surface area contributed by atoms with Crippen LogP contribution in [0.3, 0.4) is 0 Å². The monoisotopic (exact) mass is 287 g/mol. The maximum absolute atomic E-state index is 13.2. The van der Waals surface area contributed by atoms with Crippen molar-refractivity contribution in [3.05, 3.63) is 28.5 Å². The molecule has 0 aromatic heterocycles. The van der Waals surface area contributed by atoms with Crippen molar-refractivity contribution in [3.63, 3.8) is 0 Å². The van der Waals surface area contributed by atoms with Gasteiger partial charge in [-0.1, -0.05) is 0 Å². The Balaban J connectivity index is 1.86. The van der Waals surface area contributed by atoms with E-state index in [-0.39, 0.29) is 11.9 Å². The molecule has 1 atom stereocenters. The quantitative estimate of drug-likeness (QED) is 0.918. The predicted molar refractivity (Wildman–Crippen MR) is 66.2 cm³/mol. The molecule has 0 spiro atoms. The summed E-state index contributed by atoms with van der Waals surface area (Å²) in [5, 5.41) is 3.20. The van der Waals surface area contributed by atoms with Crippen molar-refractivity contribution in [1.82, 2.24) is 0 Å². The van der Waals surface area contributed by atoms with Gasteiger partial charge in [0, 0.05) is 18.8 Å². The first kappa shape index (κ1) is 11.9. The molecule has 1 aromatic carbocycles. The first-order chi connectivity index (χ1) is 7.75. The predicted octanol–water partition coefficient (Wildman–Crippen LogP) is 3.57. The summed E-state index contributed by atoms with van der Waals surface area (Å²) in [5.41, 5.74) is 0.801. The van der Waals surface area contributed by atoms with Crippen LogP contribution in [0, 0.1) is 5.82 Å². The third kappa shape index (κ3) is 3.19. The zero-order valence-corrected chi connectivity index (χ0v) is 10.6. The van der Waals surface area contributed by atoms with E-state index in [1.807, 2.05) is 6.07 Å². The molecule has 0 amide bonds. The van der Waals surface area contributed by atoms with E-state index in [2.05, 4.69) is 21.2 Å². The topological polar surface area (TPSA) is 21.3 Å². The average molecular weight is 288 g/mol. The van der Waals surface area contributed by atoms with Crippen LogP contribution in [0.15, 0.2) is 22.7 Å². The van der Waals surface area contributed by atoms with Crippen LogP contribution in [0.25, 0.3) is 0 Å². The molecule has 1 fully saturated rings. The minimum Gasteiger partial charge on any atom is -0.382 e. The molecule has 1 saturated heterocycles. The standard InChI is InChI=1S/C12H15BrFNO/c13-11-5-4-9(7-12(11)14)15-8-10-3-1-2-6-16-10/h4-5,7,10,15H,1-3,6,8H2. The molecule has 1 unspecified atom stereocenters. The first-order valence-electron chi connectivity index (χ1n) is 5.56. The Labute approximate surface area is 103 Å². The van der Waals surface area contributed by atoms with Crippen LogP contribution in [0.1, 0.15) is 19.3 Å². The van der Waals surface area contributed by atoms with Gasteiger partial charge < -0.3 is 10.1 Å². The van der Waals surface area contributed by atoms with Crippen molar-refractivity contribution < 1.29 is 9.13 Å². The van der Waals surface area contributed by atoms with Crippen LogP contribution in [-0.4, -0.2) is 19.3 Å². The van der Waals surface area contributed by atoms with E-state index in [1.165, 1.54) is 12.5 Å². The van der Waals surface area contributed by atoms with Crippen LogP contribution >= 0.6 is 15.9 Å². The van der Waals surface area contributed by atoms with Crippen molar-refractivity contribution in [3.8, 4) is 0 Å². The lowest BCUT2D eigenvalue weighted by molar-refractivity contribution is 0.0247. The SMILES string of the molecule is Fc1cc(NCC2CCCCO2)ccc1Br. The number of benzene rings is 1. The first-order valence-corrected chi connectivity index (χ1v) is 6.35. The smallest absolute Gasteiger partial charge is 0.139 e. The Bertz CT molecular complexity index is 353. The molecule has 1 aliphatic rings. The fourth-order valence-electron chi connectivity index (χ4n) is 1.81. The van der Waals surface area contributed by atoms with Gasteiger partial charge in [0.05, 0.1) is 10.6 Å². The summed E-state index contributed by atoms with van der Waals surface area (Å²) in [6, 6.07) is 5.06. The van der Waals surface area contributed by atoms with Crippen LogP contribution in [-0.2, 0) is 4.74 Å². The highest BCUT2D eigenvalue weighted by Gasteiger charge is 2.13. The normalized spacial score (nSPS) is 20.8. The number of nitrogens with one attached hydrogen (secondary N) is 1. The molecule has 2 nitrogen and oxygen atoms in total. The second-order valence-electron chi connectivity index (χ2n) is 4.00. The number of ether oxygens (including phenoxy) is 1. The van der Waals surface area contributed by atoms with Crippen molar-refractivity contribution in [2.75, 3.05) is 18.5 Å². The average Bonchev–Trinajstić information content (AvgIpc) is 2.32. The summed E-state index contributed by atoms with van der Waals surface area (Å²) in [6.45, 7) is 1.60. The molecule has 1 N–H and O–H groups in total. The molecule has 88 valence electrons. The van der Waals surface area contributed by atoms with Gasteiger partial charge in [0.1, 0.15) is 5.82 Å². The number of rotatable bonds is 3. The van der Waals surface area contributed by atoms with E-state index in [0.29, 0.717) is 4.47 Å². The van der Waals surface area contributed by atoms with Gasteiger partial charge in [-0.15, -0.1) is 0 Å². The molecule has 0 saturated carbocycles. The summed E-state index contributed by atoms with van der Waals surface area (Å²) < 4.78 is 19.3. The Morgan fingerprint density at radius 2 is 2.31 bits per heavy atom. The van der Waals surface area contributed by atoms with E-state index in [9.17, 15) is 4.39 Å². The zero-order chi connectivity index (χ0) is 11.4. The van der Waals surface area contributed by atoms with Crippen molar-refractivity contribution in [1.29, 1.82) is 0 Å². The summed E-state index contributed by atoms with van der Waals surface area (Å²) in [7, 11) is 0. The van der Waals surface area contributed by atoms with Gasteiger partial charge in [0.2, 0.25) is 0 Å². The maximum atomic E-state index is 13.2. The van der Waals surface area contributed by atoms with Gasteiger partial charge in [0.15, 0.2) is 0 Å². The molecule has 1 aromatic rings. The molecule has 0 aliphatic carbocycles. The Morgan fingerprint density at radius 1 is 1.44 bits per heavy atom. The molecule has 16 heavy (non-hydrogen) atoms. The van der Waals surface area contributed by atoms with Crippen molar-refractivity contribution in [2.45, 2.75) is 25.4 Å². The fraction of sp³-hybridized carbons (Fsp3) is 0.500. The summed E-state index contributed by atoms with van der Waals surface area (Å²) in [5.74, 6) is -0.241. The van der Waals surface area contributed by atoms with E-state index >= 15 is 0 Å². The molecule has 0 radical (unpaired) electrons. The Morgan fingerprint density at radius 3 is 3.00 bits per heavy atom. The summed E-state index contributed by atoms with van der Waals surface area (Å²) in [6.07, 6.45) is 3.73. The molecular formula is C12H15BrFNO. The van der Waals surface area contributed by atoms with Crippen LogP contribution in [0.5, 0.6) is 0 Å². The van der Waals surface area contributed by atoms with Gasteiger partial charge in [-0.05, 0) is 53.4 Å². The van der Waals surface area contributed by atoms with E-state index < -0.39 is 0 Å². The maximum Gasteiger partial charge on any atom is 0.139 e. The third-order valence-corrected chi connectivity index (χ3v) is 3.37. The van der Waals surface area contributed by atoms with Crippen molar-refractivity contribution in [2.24, 2.45) is 0 Å². The highest BCUT2D eigenvalue weighted by molar-refractivity contribution is 9.10. The number of halogens is 2. The zero-order valence-electron chi connectivity index (χ0n) is 9.01. The third-order valence-electron chi connectivity index (χ3n) is 2.73. The number of hydrogen-bond acceptors (Lipinski definition) is 2. The lowest BCUT2D eigenvalue weighted by Gasteiger charge is -2.23. The lowest BCUT2D eigenvalue weighted by Crippen LogP contribution is -2.26. The Hall–Kier alpha value is -0.610. The van der Waals surface area contributed by atoms with Gasteiger partial charge in [-0.25, -0.2) is 4.39 Å². The van der Waals surface area contributed by atoms with E-state index in [0.717, 1.165) is 31.7 Å². The highest BCUT2D eigenvalue weighted by Crippen LogP contribution is 2.20. The van der Waals surface area contributed by atoms with E-state index in [1.54, 1.807) is 6.07 Å². The minimum absolute atomic E-state index is 0.241. The Kier molecular flexibility index (Phi) is 4.18. The van der Waals surface area contributed by atoms with Gasteiger partial charge in [0.25, 0.3) is 0 Å². The molecule has 1 aliphatic heterocycles. The number of anilines is 1. The second-order valence-corrected chi connectivity index (χ2v) is 4.85.